The molecule has 0 amide bonds. The van der Waals surface area contributed by atoms with Crippen molar-refractivity contribution >= 4 is 5.78 Å². The molecule has 0 aliphatic rings. The Morgan fingerprint density at radius 1 is 1.44 bits per heavy atom. The van der Waals surface area contributed by atoms with Crippen LogP contribution in [0.2, 0.25) is 0 Å². The first kappa shape index (κ1) is 12.8. The number of hydrogen-bond donors (Lipinski definition) is 0. The van der Waals surface area contributed by atoms with Gasteiger partial charge in [0.15, 0.2) is 11.5 Å². The van der Waals surface area contributed by atoms with Gasteiger partial charge in [0.05, 0.1) is 6.61 Å². The Kier molecular flexibility index (Phi) is 4.12. The Hall–Kier alpha value is -1.30. The summed E-state index contributed by atoms with van der Waals surface area (Å²) in [6.45, 7) is 0.0759. The molecule has 0 bridgehead atoms. The number of rotatable bonds is 5. The van der Waals surface area contributed by atoms with Gasteiger partial charge < -0.3 is 9.15 Å². The summed E-state index contributed by atoms with van der Waals surface area (Å²) in [5.41, 5.74) is 0. The molecule has 0 spiro atoms. The smallest absolute Gasteiger partial charge is 0.411 e. The Bertz CT molecular complexity index is 354. The number of furan rings is 1. The van der Waals surface area contributed by atoms with Crippen molar-refractivity contribution in [2.45, 2.75) is 19.5 Å². The van der Waals surface area contributed by atoms with Crippen LogP contribution in [-0.2, 0) is 4.74 Å². The molecule has 16 heavy (non-hydrogen) atoms. The third kappa shape index (κ3) is 4.48. The summed E-state index contributed by atoms with van der Waals surface area (Å²) in [5.74, 6) is 0.364. The standard InChI is InChI=1S/C10H11F3O3/c1-7-2-3-9(16-7)8(14)4-5-15-6-10(11,12)13/h2-3H,4-6H2,1H3. The van der Waals surface area contributed by atoms with Crippen molar-refractivity contribution < 1.29 is 27.1 Å². The number of ether oxygens (including phenoxy) is 1. The van der Waals surface area contributed by atoms with Crippen LogP contribution in [0, 0.1) is 6.92 Å². The van der Waals surface area contributed by atoms with Gasteiger partial charge >= 0.3 is 6.18 Å². The van der Waals surface area contributed by atoms with Crippen molar-refractivity contribution in [3.8, 4) is 0 Å². The lowest BCUT2D eigenvalue weighted by Crippen LogP contribution is -2.18. The first-order valence-corrected chi connectivity index (χ1v) is 4.62. The second-order valence-corrected chi connectivity index (χ2v) is 3.25. The van der Waals surface area contributed by atoms with Gasteiger partial charge in [0.25, 0.3) is 0 Å². The van der Waals surface area contributed by atoms with E-state index < -0.39 is 12.8 Å². The average molecular weight is 236 g/mol. The number of aryl methyl sites for hydroxylation is 1. The van der Waals surface area contributed by atoms with Crippen LogP contribution < -0.4 is 0 Å². The van der Waals surface area contributed by atoms with Crippen LogP contribution in [-0.4, -0.2) is 25.2 Å². The van der Waals surface area contributed by atoms with E-state index in [1.54, 1.807) is 13.0 Å². The van der Waals surface area contributed by atoms with Crippen LogP contribution in [0.25, 0.3) is 0 Å². The number of ketones is 1. The highest BCUT2D eigenvalue weighted by atomic mass is 19.4. The first-order chi connectivity index (χ1) is 7.38. The van der Waals surface area contributed by atoms with E-state index in [0.717, 1.165) is 0 Å². The summed E-state index contributed by atoms with van der Waals surface area (Å²) in [4.78, 5) is 11.3. The third-order valence-electron chi connectivity index (χ3n) is 1.75. The molecule has 0 fully saturated rings. The lowest BCUT2D eigenvalue weighted by molar-refractivity contribution is -0.173. The molecule has 0 atom stereocenters. The molecule has 1 aromatic heterocycles. The lowest BCUT2D eigenvalue weighted by atomic mass is 10.2. The number of hydrogen-bond acceptors (Lipinski definition) is 3. The Morgan fingerprint density at radius 2 is 2.12 bits per heavy atom. The second-order valence-electron chi connectivity index (χ2n) is 3.25. The summed E-state index contributed by atoms with van der Waals surface area (Å²) >= 11 is 0. The third-order valence-corrected chi connectivity index (χ3v) is 1.75. The van der Waals surface area contributed by atoms with E-state index >= 15 is 0 Å². The normalized spacial score (nSPS) is 11.8. The van der Waals surface area contributed by atoms with Gasteiger partial charge in [0.1, 0.15) is 12.4 Å². The lowest BCUT2D eigenvalue weighted by Gasteiger charge is -2.06. The molecule has 90 valence electrons. The highest BCUT2D eigenvalue weighted by Gasteiger charge is 2.27. The van der Waals surface area contributed by atoms with Crippen LogP contribution in [0.15, 0.2) is 16.5 Å². The number of halogens is 3. The van der Waals surface area contributed by atoms with E-state index in [4.69, 9.17) is 4.42 Å². The van der Waals surface area contributed by atoms with E-state index in [0.29, 0.717) is 5.76 Å². The van der Waals surface area contributed by atoms with E-state index in [1.807, 2.05) is 0 Å². The average Bonchev–Trinajstić information content (AvgIpc) is 2.57. The number of Topliss-reactive ketones (excluding diaryl/α,β-unsaturated/α-hetero) is 1. The largest absolute Gasteiger partial charge is 0.458 e. The summed E-state index contributed by atoms with van der Waals surface area (Å²) in [7, 11) is 0. The van der Waals surface area contributed by atoms with Crippen molar-refractivity contribution in [1.29, 1.82) is 0 Å². The van der Waals surface area contributed by atoms with Gasteiger partial charge in [-0.15, -0.1) is 0 Å². The summed E-state index contributed by atoms with van der Waals surface area (Å²) in [5, 5.41) is 0. The van der Waals surface area contributed by atoms with Crippen LogP contribution in [0.4, 0.5) is 13.2 Å². The predicted molar refractivity (Wildman–Crippen MR) is 49.3 cm³/mol. The molecular formula is C10H11F3O3. The maximum atomic E-state index is 11.7. The number of carbonyl (C=O) groups is 1. The fourth-order valence-corrected chi connectivity index (χ4v) is 1.06. The minimum Gasteiger partial charge on any atom is -0.458 e. The van der Waals surface area contributed by atoms with E-state index in [1.165, 1.54) is 6.07 Å². The molecule has 0 N–H and O–H groups in total. The topological polar surface area (TPSA) is 39.4 Å². The Balaban J connectivity index is 2.26. The molecule has 0 unspecified atom stereocenters. The molecule has 0 aliphatic carbocycles. The fourth-order valence-electron chi connectivity index (χ4n) is 1.06. The molecule has 1 rings (SSSR count). The minimum atomic E-state index is -4.36. The zero-order chi connectivity index (χ0) is 12.2. The number of alkyl halides is 3. The SMILES string of the molecule is Cc1ccc(C(=O)CCOCC(F)(F)F)o1. The molecule has 0 saturated heterocycles. The molecule has 0 aromatic carbocycles. The van der Waals surface area contributed by atoms with E-state index in [-0.39, 0.29) is 24.6 Å². The number of carbonyl (C=O) groups excluding carboxylic acids is 1. The first-order valence-electron chi connectivity index (χ1n) is 4.62. The van der Waals surface area contributed by atoms with Crippen LogP contribution in [0.3, 0.4) is 0 Å². The maximum Gasteiger partial charge on any atom is 0.411 e. The zero-order valence-corrected chi connectivity index (χ0v) is 8.63. The van der Waals surface area contributed by atoms with Gasteiger partial charge in [0, 0.05) is 6.42 Å². The molecule has 1 aromatic rings. The van der Waals surface area contributed by atoms with Gasteiger partial charge in [-0.3, -0.25) is 4.79 Å². The molecule has 1 heterocycles. The van der Waals surface area contributed by atoms with Gasteiger partial charge in [-0.05, 0) is 19.1 Å². The summed E-state index contributed by atoms with van der Waals surface area (Å²) in [6.07, 6.45) is -4.48. The maximum absolute atomic E-state index is 11.7. The summed E-state index contributed by atoms with van der Waals surface area (Å²) < 4.78 is 44.4. The van der Waals surface area contributed by atoms with Crippen molar-refractivity contribution in [2.24, 2.45) is 0 Å². The van der Waals surface area contributed by atoms with Crippen molar-refractivity contribution in [3.05, 3.63) is 23.7 Å². The molecule has 0 aliphatic heterocycles. The highest BCUT2D eigenvalue weighted by molar-refractivity contribution is 5.93. The second kappa shape index (κ2) is 5.16. The zero-order valence-electron chi connectivity index (χ0n) is 8.63. The van der Waals surface area contributed by atoms with E-state index in [2.05, 4.69) is 4.74 Å². The van der Waals surface area contributed by atoms with Crippen molar-refractivity contribution in [1.82, 2.24) is 0 Å². The molecular weight excluding hydrogens is 225 g/mol. The fraction of sp³-hybridized carbons (Fsp3) is 0.500. The van der Waals surface area contributed by atoms with Gasteiger partial charge in [-0.25, -0.2) is 0 Å². The van der Waals surface area contributed by atoms with Crippen molar-refractivity contribution in [3.63, 3.8) is 0 Å². The Morgan fingerprint density at radius 3 is 2.62 bits per heavy atom. The van der Waals surface area contributed by atoms with E-state index in [9.17, 15) is 18.0 Å². The van der Waals surface area contributed by atoms with Crippen LogP contribution >= 0.6 is 0 Å². The monoisotopic (exact) mass is 236 g/mol. The predicted octanol–water partition coefficient (Wildman–Crippen LogP) is 2.74. The summed E-state index contributed by atoms with van der Waals surface area (Å²) in [6, 6.07) is 3.10. The molecule has 0 radical (unpaired) electrons. The molecule has 0 saturated carbocycles. The molecule has 3 nitrogen and oxygen atoms in total. The van der Waals surface area contributed by atoms with Crippen LogP contribution in [0.5, 0.6) is 0 Å². The van der Waals surface area contributed by atoms with Gasteiger partial charge in [0.2, 0.25) is 0 Å². The van der Waals surface area contributed by atoms with Gasteiger partial charge in [-0.2, -0.15) is 13.2 Å². The Labute approximate surface area is 90.2 Å². The van der Waals surface area contributed by atoms with Gasteiger partial charge in [-0.1, -0.05) is 0 Å². The highest BCUT2D eigenvalue weighted by Crippen LogP contribution is 2.15. The van der Waals surface area contributed by atoms with Crippen LogP contribution in [0.1, 0.15) is 22.7 Å². The quantitative estimate of drug-likeness (QED) is 0.583. The minimum absolute atomic E-state index is 0.122. The van der Waals surface area contributed by atoms with Crippen molar-refractivity contribution in [2.75, 3.05) is 13.2 Å². The molecule has 6 heteroatoms.